The molecule has 0 aliphatic heterocycles. The largest absolute Gasteiger partial charge is 0.479 e. The molecular formula is C10H17NO3S. The first-order chi connectivity index (χ1) is 7.08. The third-order valence-corrected chi connectivity index (χ3v) is 3.43. The lowest BCUT2D eigenvalue weighted by Crippen LogP contribution is -2.44. The van der Waals surface area contributed by atoms with Crippen LogP contribution in [0.2, 0.25) is 0 Å². The molecule has 0 fully saturated rings. The van der Waals surface area contributed by atoms with Gasteiger partial charge in [0.25, 0.3) is 0 Å². The van der Waals surface area contributed by atoms with E-state index >= 15 is 0 Å². The van der Waals surface area contributed by atoms with Gasteiger partial charge in [0, 0.05) is 5.92 Å². The van der Waals surface area contributed by atoms with Crippen LogP contribution in [0, 0.1) is 5.92 Å². The fourth-order valence-electron chi connectivity index (χ4n) is 1.71. The number of hydrogen-bond acceptors (Lipinski definition) is 4. The fraction of sp³-hybridized carbons (Fsp3) is 0.800. The molecule has 0 bridgehead atoms. The van der Waals surface area contributed by atoms with Gasteiger partial charge in [0.2, 0.25) is 6.08 Å². The molecule has 0 amide bonds. The maximum atomic E-state index is 11.2. The van der Waals surface area contributed by atoms with E-state index in [2.05, 4.69) is 4.99 Å². The quantitative estimate of drug-likeness (QED) is 0.537. The third kappa shape index (κ3) is 3.08. The number of thioether (sulfide) groups is 1. The van der Waals surface area contributed by atoms with Crippen molar-refractivity contribution in [3.05, 3.63) is 0 Å². The molecule has 5 heteroatoms. The van der Waals surface area contributed by atoms with Gasteiger partial charge in [-0.25, -0.2) is 9.59 Å². The van der Waals surface area contributed by atoms with Crippen molar-refractivity contribution in [2.24, 2.45) is 10.9 Å². The van der Waals surface area contributed by atoms with Gasteiger partial charge in [0.05, 0.1) is 0 Å². The number of carbonyl (C=O) groups is 1. The molecule has 0 aliphatic rings. The summed E-state index contributed by atoms with van der Waals surface area (Å²) in [5.41, 5.74) is -1.29. The molecule has 0 radical (unpaired) electrons. The highest BCUT2D eigenvalue weighted by atomic mass is 32.2. The summed E-state index contributed by atoms with van der Waals surface area (Å²) < 4.78 is 0. The number of aliphatic imine (C=N–C) groups is 1. The van der Waals surface area contributed by atoms with Gasteiger partial charge >= 0.3 is 5.97 Å². The van der Waals surface area contributed by atoms with Crippen molar-refractivity contribution in [3.63, 3.8) is 0 Å². The summed E-state index contributed by atoms with van der Waals surface area (Å²) in [7, 11) is 0. The summed E-state index contributed by atoms with van der Waals surface area (Å²) in [6.45, 7) is 3.65. The Morgan fingerprint density at radius 1 is 1.60 bits per heavy atom. The Balaban J connectivity index is 5.18. The Hall–Kier alpha value is -0.800. The molecular weight excluding hydrogens is 214 g/mol. The molecule has 0 aliphatic carbocycles. The molecule has 0 aromatic carbocycles. The number of aliphatic carboxylic acids is 1. The average Bonchev–Trinajstić information content (AvgIpc) is 2.22. The molecule has 0 heterocycles. The van der Waals surface area contributed by atoms with Crippen LogP contribution >= 0.6 is 11.8 Å². The molecule has 0 saturated heterocycles. The SMILES string of the molecule is CCC(CSC)C(CC)(N=C=O)C(=O)O. The molecule has 15 heavy (non-hydrogen) atoms. The Bertz CT molecular complexity index is 259. The second-order valence-corrected chi connectivity index (χ2v) is 4.26. The third-order valence-electron chi connectivity index (χ3n) is 2.69. The Kier molecular flexibility index (Phi) is 6.29. The number of carboxylic acids is 1. The normalized spacial score (nSPS) is 16.2. The predicted molar refractivity (Wildman–Crippen MR) is 60.9 cm³/mol. The number of carbonyl (C=O) groups excluding carboxylic acids is 1. The number of hydrogen-bond donors (Lipinski definition) is 1. The van der Waals surface area contributed by atoms with Crippen LogP contribution in [0.4, 0.5) is 0 Å². The van der Waals surface area contributed by atoms with Crippen molar-refractivity contribution in [3.8, 4) is 0 Å². The minimum Gasteiger partial charge on any atom is -0.479 e. The fourth-order valence-corrected chi connectivity index (χ4v) is 2.62. The lowest BCUT2D eigenvalue weighted by molar-refractivity contribution is -0.145. The van der Waals surface area contributed by atoms with E-state index in [9.17, 15) is 14.7 Å². The number of isocyanates is 1. The van der Waals surface area contributed by atoms with Crippen LogP contribution in [0.3, 0.4) is 0 Å². The van der Waals surface area contributed by atoms with Crippen LogP contribution in [-0.2, 0) is 9.59 Å². The lowest BCUT2D eigenvalue weighted by Gasteiger charge is -2.30. The Morgan fingerprint density at radius 3 is 2.47 bits per heavy atom. The highest BCUT2D eigenvalue weighted by Crippen LogP contribution is 2.31. The van der Waals surface area contributed by atoms with Gasteiger partial charge in [-0.2, -0.15) is 16.8 Å². The smallest absolute Gasteiger partial charge is 0.332 e. The van der Waals surface area contributed by atoms with E-state index in [4.69, 9.17) is 0 Å². The van der Waals surface area contributed by atoms with E-state index in [1.807, 2.05) is 13.2 Å². The second kappa shape index (κ2) is 6.64. The summed E-state index contributed by atoms with van der Waals surface area (Å²) in [4.78, 5) is 25.1. The van der Waals surface area contributed by atoms with Crippen molar-refractivity contribution >= 4 is 23.8 Å². The van der Waals surface area contributed by atoms with E-state index in [0.29, 0.717) is 18.6 Å². The van der Waals surface area contributed by atoms with Gasteiger partial charge in [0.1, 0.15) is 0 Å². The Morgan fingerprint density at radius 2 is 2.20 bits per heavy atom. The molecule has 0 aromatic heterocycles. The van der Waals surface area contributed by atoms with Crippen LogP contribution in [0.25, 0.3) is 0 Å². The molecule has 4 nitrogen and oxygen atoms in total. The van der Waals surface area contributed by atoms with Crippen LogP contribution in [0.5, 0.6) is 0 Å². The minimum atomic E-state index is -1.29. The average molecular weight is 231 g/mol. The van der Waals surface area contributed by atoms with Crippen LogP contribution in [0.1, 0.15) is 26.7 Å². The summed E-state index contributed by atoms with van der Waals surface area (Å²) in [5, 5.41) is 9.20. The molecule has 2 atom stereocenters. The molecule has 0 spiro atoms. The molecule has 0 saturated carbocycles. The van der Waals surface area contributed by atoms with Crippen LogP contribution in [-0.4, -0.2) is 34.7 Å². The predicted octanol–water partition coefficient (Wildman–Crippen LogP) is 1.94. The monoisotopic (exact) mass is 231 g/mol. The second-order valence-electron chi connectivity index (χ2n) is 3.35. The van der Waals surface area contributed by atoms with Crippen molar-refractivity contribution in [2.45, 2.75) is 32.2 Å². The van der Waals surface area contributed by atoms with Gasteiger partial charge < -0.3 is 5.11 Å². The van der Waals surface area contributed by atoms with Crippen molar-refractivity contribution in [2.75, 3.05) is 12.0 Å². The van der Waals surface area contributed by atoms with Crippen molar-refractivity contribution < 1.29 is 14.7 Å². The van der Waals surface area contributed by atoms with E-state index < -0.39 is 11.5 Å². The van der Waals surface area contributed by atoms with Gasteiger partial charge in [-0.15, -0.1) is 0 Å². The number of carboxylic acid groups (broad SMARTS) is 1. The molecule has 2 unspecified atom stereocenters. The first kappa shape index (κ1) is 14.2. The molecule has 0 rings (SSSR count). The van der Waals surface area contributed by atoms with Crippen LogP contribution in [0.15, 0.2) is 4.99 Å². The standard InChI is InChI=1S/C10H17NO3S/c1-4-8(6-15-3)10(5-2,9(13)14)11-7-12/h8H,4-6H2,1-3H3,(H,13,14). The van der Waals surface area contributed by atoms with Crippen LogP contribution < -0.4 is 0 Å². The van der Waals surface area contributed by atoms with E-state index in [1.165, 1.54) is 6.08 Å². The van der Waals surface area contributed by atoms with Gasteiger partial charge in [0.15, 0.2) is 5.54 Å². The van der Waals surface area contributed by atoms with E-state index in [-0.39, 0.29) is 5.92 Å². The minimum absolute atomic E-state index is 0.128. The van der Waals surface area contributed by atoms with Gasteiger partial charge in [-0.3, -0.25) is 0 Å². The maximum Gasteiger partial charge on any atom is 0.332 e. The zero-order chi connectivity index (χ0) is 11.9. The maximum absolute atomic E-state index is 11.2. The highest BCUT2D eigenvalue weighted by molar-refractivity contribution is 7.98. The molecule has 1 N–H and O–H groups in total. The van der Waals surface area contributed by atoms with Crippen molar-refractivity contribution in [1.29, 1.82) is 0 Å². The molecule has 0 aromatic rings. The summed E-state index contributed by atoms with van der Waals surface area (Å²) >= 11 is 1.57. The first-order valence-electron chi connectivity index (χ1n) is 4.90. The van der Waals surface area contributed by atoms with E-state index in [0.717, 1.165) is 0 Å². The van der Waals surface area contributed by atoms with Gasteiger partial charge in [-0.1, -0.05) is 13.8 Å². The number of nitrogens with zero attached hydrogens (tertiary/aromatic N) is 1. The number of rotatable bonds is 7. The van der Waals surface area contributed by atoms with Gasteiger partial charge in [-0.05, 0) is 24.9 Å². The Labute approximate surface area is 94.2 Å². The summed E-state index contributed by atoms with van der Waals surface area (Å²) in [6, 6.07) is 0. The lowest BCUT2D eigenvalue weighted by atomic mass is 9.81. The zero-order valence-corrected chi connectivity index (χ0v) is 10.1. The summed E-state index contributed by atoms with van der Waals surface area (Å²) in [6.07, 6.45) is 4.31. The molecule has 86 valence electrons. The summed E-state index contributed by atoms with van der Waals surface area (Å²) in [5.74, 6) is -0.479. The zero-order valence-electron chi connectivity index (χ0n) is 9.32. The topological polar surface area (TPSA) is 66.7 Å². The first-order valence-corrected chi connectivity index (χ1v) is 6.29. The highest BCUT2D eigenvalue weighted by Gasteiger charge is 2.43. The van der Waals surface area contributed by atoms with Crippen molar-refractivity contribution in [1.82, 2.24) is 0 Å². The van der Waals surface area contributed by atoms with E-state index in [1.54, 1.807) is 18.7 Å².